The Morgan fingerprint density at radius 3 is 2.53 bits per heavy atom. The van der Waals surface area contributed by atoms with E-state index < -0.39 is 0 Å². The molecule has 1 aliphatic heterocycles. The molecule has 32 heavy (non-hydrogen) atoms. The van der Waals surface area contributed by atoms with Crippen LogP contribution in [0.15, 0.2) is 40.2 Å². The zero-order chi connectivity index (χ0) is 22.2. The molecule has 9 nitrogen and oxygen atoms in total. The Morgan fingerprint density at radius 2 is 1.78 bits per heavy atom. The zero-order valence-corrected chi connectivity index (χ0v) is 18.3. The summed E-state index contributed by atoms with van der Waals surface area (Å²) in [7, 11) is 1.71. The maximum absolute atomic E-state index is 12.9. The maximum Gasteiger partial charge on any atom is 0.345 e. The van der Waals surface area contributed by atoms with Crippen LogP contribution in [0.25, 0.3) is 10.9 Å². The molecular weight excluding hydrogens is 408 g/mol. The molecule has 1 amide bonds. The zero-order valence-electron chi connectivity index (χ0n) is 18.3. The van der Waals surface area contributed by atoms with Gasteiger partial charge in [-0.2, -0.15) is 5.10 Å². The molecule has 1 saturated carbocycles. The Hall–Kier alpha value is -3.23. The van der Waals surface area contributed by atoms with Gasteiger partial charge in [-0.15, -0.1) is 0 Å². The van der Waals surface area contributed by atoms with Gasteiger partial charge in [0.05, 0.1) is 17.2 Å². The lowest BCUT2D eigenvalue weighted by Crippen LogP contribution is -2.41. The molecule has 2 fully saturated rings. The first-order valence-corrected chi connectivity index (χ1v) is 11.4. The van der Waals surface area contributed by atoms with Gasteiger partial charge in [0.15, 0.2) is 0 Å². The quantitative estimate of drug-likeness (QED) is 0.622. The highest BCUT2D eigenvalue weighted by Gasteiger charge is 2.31. The van der Waals surface area contributed by atoms with E-state index in [2.05, 4.69) is 10.1 Å². The Morgan fingerprint density at radius 1 is 1.06 bits per heavy atom. The number of piperidine rings is 1. The van der Waals surface area contributed by atoms with Crippen molar-refractivity contribution in [3.05, 3.63) is 57.3 Å². The fourth-order valence-electron chi connectivity index (χ4n) is 5.13. The molecule has 1 saturated heterocycles. The van der Waals surface area contributed by atoms with Gasteiger partial charge in [0.25, 0.3) is 5.56 Å². The van der Waals surface area contributed by atoms with Gasteiger partial charge in [-0.05, 0) is 37.8 Å². The Labute approximate surface area is 185 Å². The van der Waals surface area contributed by atoms with Gasteiger partial charge in [-0.3, -0.25) is 18.7 Å². The van der Waals surface area contributed by atoms with Crippen LogP contribution in [-0.4, -0.2) is 47.8 Å². The molecule has 0 radical (unpaired) electrons. The van der Waals surface area contributed by atoms with Crippen molar-refractivity contribution in [2.75, 3.05) is 13.1 Å². The number of aryl methyl sites for hydroxylation is 1. The first kappa shape index (κ1) is 20.7. The number of likely N-dealkylation sites (tertiary alicyclic amines) is 1. The van der Waals surface area contributed by atoms with Crippen LogP contribution in [0.4, 0.5) is 0 Å². The van der Waals surface area contributed by atoms with Crippen LogP contribution in [0.2, 0.25) is 0 Å². The van der Waals surface area contributed by atoms with Gasteiger partial charge >= 0.3 is 5.69 Å². The number of carbonyl (C=O) groups is 1. The number of benzene rings is 1. The number of amides is 1. The van der Waals surface area contributed by atoms with E-state index in [4.69, 9.17) is 0 Å². The SMILES string of the molecule is Cn1nc(C2CCN(C(=O)Cn3cnc4ccccc4c3=O)CC2)n(C2CCCC2)c1=O. The monoisotopic (exact) mass is 436 g/mol. The minimum atomic E-state index is -0.201. The van der Waals surface area contributed by atoms with E-state index in [0.717, 1.165) is 44.3 Å². The highest BCUT2D eigenvalue weighted by Crippen LogP contribution is 2.33. The summed E-state index contributed by atoms with van der Waals surface area (Å²) in [6.07, 6.45) is 7.35. The predicted octanol–water partition coefficient (Wildman–Crippen LogP) is 1.81. The fourth-order valence-corrected chi connectivity index (χ4v) is 5.13. The number of nitrogens with zero attached hydrogens (tertiary/aromatic N) is 6. The summed E-state index contributed by atoms with van der Waals surface area (Å²) < 4.78 is 4.74. The molecule has 9 heteroatoms. The second kappa shape index (κ2) is 8.37. The van der Waals surface area contributed by atoms with Crippen molar-refractivity contribution in [2.45, 2.75) is 57.0 Å². The van der Waals surface area contributed by atoms with Crippen LogP contribution < -0.4 is 11.2 Å². The largest absolute Gasteiger partial charge is 0.345 e. The lowest BCUT2D eigenvalue weighted by Gasteiger charge is -2.32. The summed E-state index contributed by atoms with van der Waals surface area (Å²) in [6.45, 7) is 1.17. The van der Waals surface area contributed by atoms with Gasteiger partial charge in [-0.1, -0.05) is 25.0 Å². The summed E-state index contributed by atoms with van der Waals surface area (Å²) in [5.41, 5.74) is 0.396. The number of hydrogen-bond acceptors (Lipinski definition) is 5. The van der Waals surface area contributed by atoms with E-state index in [0.29, 0.717) is 24.0 Å². The molecule has 3 heterocycles. The first-order chi connectivity index (χ1) is 15.5. The first-order valence-electron chi connectivity index (χ1n) is 11.4. The third kappa shape index (κ3) is 3.65. The summed E-state index contributed by atoms with van der Waals surface area (Å²) in [5, 5.41) is 5.08. The predicted molar refractivity (Wildman–Crippen MR) is 120 cm³/mol. The second-order valence-electron chi connectivity index (χ2n) is 8.92. The van der Waals surface area contributed by atoms with E-state index >= 15 is 0 Å². The molecule has 0 unspecified atom stereocenters. The van der Waals surface area contributed by atoms with Crippen LogP contribution in [0, 0.1) is 0 Å². The maximum atomic E-state index is 12.9. The standard InChI is InChI=1S/C23H28N6O3/c1-26-23(32)29(17-6-2-3-7-17)21(25-26)16-10-12-27(13-11-16)20(30)14-28-15-24-19-9-5-4-8-18(19)22(28)31/h4-5,8-9,15-17H,2-3,6-7,10-14H2,1H3. The van der Waals surface area contributed by atoms with Crippen molar-refractivity contribution in [1.82, 2.24) is 28.8 Å². The molecule has 2 aromatic heterocycles. The third-order valence-corrected chi connectivity index (χ3v) is 6.92. The molecule has 0 N–H and O–H groups in total. The summed E-state index contributed by atoms with van der Waals surface area (Å²) in [6, 6.07) is 7.40. The Bertz CT molecular complexity index is 1260. The fraction of sp³-hybridized carbons (Fsp3) is 0.522. The van der Waals surface area contributed by atoms with E-state index in [-0.39, 0.29) is 35.7 Å². The molecule has 0 spiro atoms. The number of para-hydroxylation sites is 1. The molecule has 5 rings (SSSR count). The van der Waals surface area contributed by atoms with Crippen molar-refractivity contribution in [1.29, 1.82) is 0 Å². The third-order valence-electron chi connectivity index (χ3n) is 6.92. The van der Waals surface area contributed by atoms with E-state index in [1.165, 1.54) is 15.6 Å². The molecule has 1 aromatic carbocycles. The average molecular weight is 437 g/mol. The minimum Gasteiger partial charge on any atom is -0.341 e. The number of rotatable bonds is 4. The number of aromatic nitrogens is 5. The molecule has 168 valence electrons. The molecule has 0 atom stereocenters. The van der Waals surface area contributed by atoms with Crippen molar-refractivity contribution in [3.8, 4) is 0 Å². The lowest BCUT2D eigenvalue weighted by molar-refractivity contribution is -0.133. The summed E-state index contributed by atoms with van der Waals surface area (Å²) in [4.78, 5) is 44.4. The molecular formula is C23H28N6O3. The smallest absolute Gasteiger partial charge is 0.341 e. The van der Waals surface area contributed by atoms with Crippen LogP contribution in [-0.2, 0) is 18.4 Å². The van der Waals surface area contributed by atoms with Gasteiger partial charge in [0, 0.05) is 32.1 Å². The average Bonchev–Trinajstić information content (AvgIpc) is 3.44. The van der Waals surface area contributed by atoms with Gasteiger partial charge in [-0.25, -0.2) is 14.5 Å². The highest BCUT2D eigenvalue weighted by atomic mass is 16.2. The van der Waals surface area contributed by atoms with Crippen molar-refractivity contribution in [3.63, 3.8) is 0 Å². The van der Waals surface area contributed by atoms with E-state index in [9.17, 15) is 14.4 Å². The van der Waals surface area contributed by atoms with Crippen LogP contribution in [0.5, 0.6) is 0 Å². The highest BCUT2D eigenvalue weighted by molar-refractivity contribution is 5.79. The summed E-state index contributed by atoms with van der Waals surface area (Å²) in [5.74, 6) is 0.946. The molecule has 3 aromatic rings. The molecule has 1 aliphatic carbocycles. The second-order valence-corrected chi connectivity index (χ2v) is 8.92. The minimum absolute atomic E-state index is 0.0162. The van der Waals surface area contributed by atoms with Crippen LogP contribution in [0.1, 0.15) is 56.3 Å². The normalized spacial score (nSPS) is 18.0. The van der Waals surface area contributed by atoms with Gasteiger partial charge in [0.1, 0.15) is 12.4 Å². The van der Waals surface area contributed by atoms with Gasteiger partial charge < -0.3 is 4.90 Å². The summed E-state index contributed by atoms with van der Waals surface area (Å²) >= 11 is 0. The topological polar surface area (TPSA) is 95.0 Å². The number of fused-ring (bicyclic) bond motifs is 1. The van der Waals surface area contributed by atoms with E-state index in [1.54, 1.807) is 30.1 Å². The van der Waals surface area contributed by atoms with Crippen LogP contribution >= 0.6 is 0 Å². The molecule has 0 bridgehead atoms. The number of hydrogen-bond donors (Lipinski definition) is 0. The Kier molecular flexibility index (Phi) is 5.40. The van der Waals surface area contributed by atoms with Gasteiger partial charge in [0.2, 0.25) is 5.91 Å². The van der Waals surface area contributed by atoms with Crippen molar-refractivity contribution in [2.24, 2.45) is 7.05 Å². The molecule has 2 aliphatic rings. The number of carbonyl (C=O) groups excluding carboxylic acids is 1. The van der Waals surface area contributed by atoms with E-state index in [1.807, 2.05) is 10.6 Å². The van der Waals surface area contributed by atoms with Crippen LogP contribution in [0.3, 0.4) is 0 Å². The van der Waals surface area contributed by atoms with Crippen molar-refractivity contribution < 1.29 is 4.79 Å². The Balaban J connectivity index is 1.28. The lowest BCUT2D eigenvalue weighted by atomic mass is 9.95. The van der Waals surface area contributed by atoms with Crippen molar-refractivity contribution >= 4 is 16.8 Å².